The summed E-state index contributed by atoms with van der Waals surface area (Å²) in [6, 6.07) is 0. The molecule has 0 rings (SSSR count). The Bertz CT molecular complexity index is 317. The quantitative estimate of drug-likeness (QED) is 0.260. The molecule has 0 fully saturated rings. The Hall–Kier alpha value is -1.10. The van der Waals surface area contributed by atoms with Crippen LogP contribution in [-0.4, -0.2) is 38.9 Å². The fraction of sp³-hybridized carbons (Fsp3) is 0.900. The number of hydrogen-bond acceptors (Lipinski definition) is 5. The number of carbonyl (C=O) groups excluding carboxylic acids is 2. The summed E-state index contributed by atoms with van der Waals surface area (Å²) in [5.74, 6) is -0.205. The minimum atomic E-state index is -0.144. The van der Waals surface area contributed by atoms with Gasteiger partial charge < -0.3 is 14.2 Å². The number of esters is 2. The van der Waals surface area contributed by atoms with Crippen molar-refractivity contribution in [2.45, 2.75) is 90.4 Å². The predicted molar refractivity (Wildman–Crippen MR) is 99.5 cm³/mol. The summed E-state index contributed by atoms with van der Waals surface area (Å²) in [5.41, 5.74) is 0. The molecule has 5 heteroatoms. The second-order valence-corrected chi connectivity index (χ2v) is 6.47. The van der Waals surface area contributed by atoms with Crippen molar-refractivity contribution in [3.8, 4) is 0 Å². The molecule has 0 heterocycles. The Kier molecular flexibility index (Phi) is 18.4. The Morgan fingerprint density at radius 1 is 0.600 bits per heavy atom. The molecule has 5 nitrogen and oxygen atoms in total. The van der Waals surface area contributed by atoms with E-state index in [4.69, 9.17) is 14.2 Å². The van der Waals surface area contributed by atoms with Crippen molar-refractivity contribution >= 4 is 11.9 Å². The van der Waals surface area contributed by atoms with Crippen molar-refractivity contribution in [2.24, 2.45) is 0 Å². The van der Waals surface area contributed by atoms with Crippen molar-refractivity contribution in [1.29, 1.82) is 0 Å². The van der Waals surface area contributed by atoms with E-state index in [0.29, 0.717) is 32.7 Å². The van der Waals surface area contributed by atoms with Crippen LogP contribution < -0.4 is 0 Å². The normalized spacial score (nSPS) is 10.6. The lowest BCUT2D eigenvalue weighted by atomic mass is 10.1. The molecule has 0 amide bonds. The highest BCUT2D eigenvalue weighted by Crippen LogP contribution is 2.10. The maximum Gasteiger partial charge on any atom is 0.305 e. The zero-order valence-corrected chi connectivity index (χ0v) is 16.4. The number of hydrogen-bond donors (Lipinski definition) is 0. The van der Waals surface area contributed by atoms with Crippen LogP contribution in [0.1, 0.15) is 90.4 Å². The number of unbranched alkanes of at least 4 members (excludes halogenated alkanes) is 9. The first-order chi connectivity index (χ1) is 12.2. The number of ether oxygens (including phenoxy) is 3. The monoisotopic (exact) mass is 358 g/mol. The van der Waals surface area contributed by atoms with Gasteiger partial charge in [0.15, 0.2) is 0 Å². The van der Waals surface area contributed by atoms with Gasteiger partial charge in [0.1, 0.15) is 6.61 Å². The molecule has 0 N–H and O–H groups in total. The summed E-state index contributed by atoms with van der Waals surface area (Å²) in [6.45, 7) is 3.55. The van der Waals surface area contributed by atoms with Crippen LogP contribution in [0.2, 0.25) is 0 Å². The molecule has 0 saturated carbocycles. The molecule has 0 aliphatic heterocycles. The smallest absolute Gasteiger partial charge is 0.305 e. The summed E-state index contributed by atoms with van der Waals surface area (Å²) < 4.78 is 15.1. The van der Waals surface area contributed by atoms with Crippen LogP contribution in [-0.2, 0) is 23.8 Å². The van der Waals surface area contributed by atoms with Gasteiger partial charge in [-0.3, -0.25) is 9.59 Å². The fourth-order valence-electron chi connectivity index (χ4n) is 2.52. The summed E-state index contributed by atoms with van der Waals surface area (Å²) in [7, 11) is 1.59. The van der Waals surface area contributed by atoms with Gasteiger partial charge in [-0.2, -0.15) is 0 Å². The van der Waals surface area contributed by atoms with Crippen molar-refractivity contribution in [3.63, 3.8) is 0 Å². The first kappa shape index (κ1) is 23.9. The van der Waals surface area contributed by atoms with Crippen LogP contribution in [0.3, 0.4) is 0 Å². The number of carbonyl (C=O) groups is 2. The molecule has 148 valence electrons. The van der Waals surface area contributed by atoms with E-state index in [1.807, 2.05) is 0 Å². The average Bonchev–Trinajstić information content (AvgIpc) is 2.60. The molecule has 0 bridgehead atoms. The summed E-state index contributed by atoms with van der Waals surface area (Å²) in [5, 5.41) is 0. The molecule has 25 heavy (non-hydrogen) atoms. The summed E-state index contributed by atoms with van der Waals surface area (Å²) in [4.78, 5) is 22.9. The first-order valence-electron chi connectivity index (χ1n) is 10.0. The number of methoxy groups -OCH3 is 1. The van der Waals surface area contributed by atoms with Gasteiger partial charge in [0, 0.05) is 20.0 Å². The molecule has 0 atom stereocenters. The maximum absolute atomic E-state index is 11.6. The van der Waals surface area contributed by atoms with E-state index < -0.39 is 0 Å². The van der Waals surface area contributed by atoms with Crippen LogP contribution in [0.15, 0.2) is 0 Å². The van der Waals surface area contributed by atoms with E-state index in [9.17, 15) is 9.59 Å². The van der Waals surface area contributed by atoms with E-state index in [1.54, 1.807) is 7.11 Å². The molecular weight excluding hydrogens is 320 g/mol. The Balaban J connectivity index is 3.24. The van der Waals surface area contributed by atoms with Gasteiger partial charge in [0.2, 0.25) is 0 Å². The van der Waals surface area contributed by atoms with Crippen molar-refractivity contribution in [3.05, 3.63) is 0 Å². The molecule has 0 radical (unpaired) electrons. The lowest BCUT2D eigenvalue weighted by Gasteiger charge is -2.05. The first-order valence-corrected chi connectivity index (χ1v) is 10.0. The minimum Gasteiger partial charge on any atom is -0.466 e. The highest BCUT2D eigenvalue weighted by atomic mass is 16.6. The third-order valence-electron chi connectivity index (χ3n) is 4.07. The van der Waals surface area contributed by atoms with Gasteiger partial charge in [-0.1, -0.05) is 58.3 Å². The van der Waals surface area contributed by atoms with Crippen LogP contribution >= 0.6 is 0 Å². The SMILES string of the molecule is CCCCCCCOC(=O)CCCCCCCCC(=O)OCCOC. The molecule has 0 aliphatic rings. The third kappa shape index (κ3) is 19.1. The third-order valence-corrected chi connectivity index (χ3v) is 4.07. The highest BCUT2D eigenvalue weighted by Gasteiger charge is 2.04. The van der Waals surface area contributed by atoms with E-state index in [-0.39, 0.29) is 11.9 Å². The zero-order valence-electron chi connectivity index (χ0n) is 16.4. The van der Waals surface area contributed by atoms with E-state index in [2.05, 4.69) is 6.92 Å². The highest BCUT2D eigenvalue weighted by molar-refractivity contribution is 5.69. The van der Waals surface area contributed by atoms with Crippen LogP contribution in [0.4, 0.5) is 0 Å². The van der Waals surface area contributed by atoms with E-state index in [1.165, 1.54) is 19.3 Å². The summed E-state index contributed by atoms with van der Waals surface area (Å²) in [6.07, 6.45) is 12.9. The van der Waals surface area contributed by atoms with Crippen LogP contribution in [0.25, 0.3) is 0 Å². The topological polar surface area (TPSA) is 61.8 Å². The van der Waals surface area contributed by atoms with Crippen molar-refractivity contribution < 1.29 is 23.8 Å². The fourth-order valence-corrected chi connectivity index (χ4v) is 2.52. The van der Waals surface area contributed by atoms with Gasteiger partial charge in [-0.05, 0) is 19.3 Å². The van der Waals surface area contributed by atoms with Gasteiger partial charge >= 0.3 is 11.9 Å². The average molecular weight is 359 g/mol. The van der Waals surface area contributed by atoms with Crippen LogP contribution in [0.5, 0.6) is 0 Å². The Morgan fingerprint density at radius 3 is 1.64 bits per heavy atom. The molecule has 0 spiro atoms. The predicted octanol–water partition coefficient (Wildman–Crippen LogP) is 4.81. The van der Waals surface area contributed by atoms with Gasteiger partial charge in [-0.15, -0.1) is 0 Å². The Morgan fingerprint density at radius 2 is 1.08 bits per heavy atom. The lowest BCUT2D eigenvalue weighted by molar-refractivity contribution is -0.145. The molecule has 0 saturated heterocycles. The molecule has 0 unspecified atom stereocenters. The van der Waals surface area contributed by atoms with Crippen molar-refractivity contribution in [1.82, 2.24) is 0 Å². The standard InChI is InChI=1S/C20H38O5/c1-3-4-5-10-13-16-24-19(21)14-11-8-6-7-9-12-15-20(22)25-18-17-23-2/h3-18H2,1-2H3. The molecule has 0 aromatic heterocycles. The van der Waals surface area contributed by atoms with Gasteiger partial charge in [0.05, 0.1) is 13.2 Å². The second-order valence-electron chi connectivity index (χ2n) is 6.47. The minimum absolute atomic E-state index is 0.0608. The second kappa shape index (κ2) is 19.2. The van der Waals surface area contributed by atoms with Gasteiger partial charge in [0.25, 0.3) is 0 Å². The molecule has 0 aliphatic carbocycles. The number of rotatable bonds is 18. The van der Waals surface area contributed by atoms with E-state index >= 15 is 0 Å². The lowest BCUT2D eigenvalue weighted by Crippen LogP contribution is -2.09. The van der Waals surface area contributed by atoms with Gasteiger partial charge in [-0.25, -0.2) is 0 Å². The molecular formula is C20H38O5. The molecule has 0 aromatic rings. The zero-order chi connectivity index (χ0) is 18.6. The van der Waals surface area contributed by atoms with E-state index in [0.717, 1.165) is 51.4 Å². The Labute approximate surface area is 153 Å². The molecule has 0 aromatic carbocycles. The van der Waals surface area contributed by atoms with Crippen molar-refractivity contribution in [2.75, 3.05) is 26.9 Å². The maximum atomic E-state index is 11.6. The summed E-state index contributed by atoms with van der Waals surface area (Å²) >= 11 is 0. The largest absolute Gasteiger partial charge is 0.466 e. The van der Waals surface area contributed by atoms with Crippen LogP contribution in [0, 0.1) is 0 Å².